The molecule has 7 nitrogen and oxygen atoms in total. The molecular weight excluding hydrogens is 429 g/mol. The molecule has 0 unspecified atom stereocenters. The predicted octanol–water partition coefficient (Wildman–Crippen LogP) is 4.95. The summed E-state index contributed by atoms with van der Waals surface area (Å²) in [7, 11) is 0. The molecule has 0 aliphatic rings. The highest BCUT2D eigenvalue weighted by Gasteiger charge is 2.29. The van der Waals surface area contributed by atoms with Gasteiger partial charge in [0.1, 0.15) is 11.8 Å². The van der Waals surface area contributed by atoms with Crippen molar-refractivity contribution < 1.29 is 36.9 Å². The van der Waals surface area contributed by atoms with Crippen LogP contribution in [0.5, 0.6) is 23.0 Å². The van der Waals surface area contributed by atoms with E-state index in [1.54, 1.807) is 26.8 Å². The highest BCUT2D eigenvalue weighted by atomic mass is 19.4. The second-order valence-electron chi connectivity index (χ2n) is 6.28. The van der Waals surface area contributed by atoms with Gasteiger partial charge in [-0.3, -0.25) is 4.79 Å². The number of nitrogens with zero attached hydrogens (tertiary/aromatic N) is 1. The minimum Gasteiger partial charge on any atom is -0.490 e. The van der Waals surface area contributed by atoms with Crippen LogP contribution in [0, 0.1) is 11.3 Å². The number of benzene rings is 2. The Kier molecular flexibility index (Phi) is 8.58. The average molecular weight is 452 g/mol. The van der Waals surface area contributed by atoms with E-state index in [4.69, 9.17) is 14.2 Å². The van der Waals surface area contributed by atoms with Gasteiger partial charge in [-0.1, -0.05) is 0 Å². The molecule has 2 rings (SSSR count). The Morgan fingerprint density at radius 1 is 0.938 bits per heavy atom. The van der Waals surface area contributed by atoms with Gasteiger partial charge in [0, 0.05) is 11.3 Å². The third-order valence-corrected chi connectivity index (χ3v) is 3.92. The molecule has 0 aliphatic heterocycles. The number of rotatable bonds is 10. The van der Waals surface area contributed by atoms with Crippen molar-refractivity contribution in [3.63, 3.8) is 0 Å². The zero-order valence-electron chi connectivity index (χ0n) is 17.8. The van der Waals surface area contributed by atoms with Crippen LogP contribution in [0.15, 0.2) is 30.3 Å². The fourth-order valence-corrected chi connectivity index (χ4v) is 2.70. The molecule has 0 aliphatic carbocycles. The Bertz CT molecular complexity index is 960. The summed E-state index contributed by atoms with van der Waals surface area (Å²) in [5, 5.41) is 11.8. The molecule has 172 valence electrons. The van der Waals surface area contributed by atoms with Crippen LogP contribution in [0.1, 0.15) is 36.7 Å². The van der Waals surface area contributed by atoms with Gasteiger partial charge in [0.25, 0.3) is 5.91 Å². The second-order valence-corrected chi connectivity index (χ2v) is 6.28. The minimum absolute atomic E-state index is 0.149. The molecule has 10 heteroatoms. The van der Waals surface area contributed by atoms with Crippen LogP contribution in [0.3, 0.4) is 0 Å². The third kappa shape index (κ3) is 6.70. The molecule has 0 bridgehead atoms. The van der Waals surface area contributed by atoms with Crippen LogP contribution in [0.25, 0.3) is 0 Å². The van der Waals surface area contributed by atoms with Crippen molar-refractivity contribution in [1.29, 1.82) is 5.26 Å². The van der Waals surface area contributed by atoms with Crippen molar-refractivity contribution in [3.8, 4) is 29.1 Å². The van der Waals surface area contributed by atoms with Gasteiger partial charge < -0.3 is 24.3 Å². The van der Waals surface area contributed by atoms with Crippen molar-refractivity contribution in [3.05, 3.63) is 41.5 Å². The molecule has 0 atom stereocenters. The molecule has 1 amide bonds. The number of ether oxygens (including phenoxy) is 4. The van der Waals surface area contributed by atoms with Gasteiger partial charge in [-0.25, -0.2) is 0 Å². The van der Waals surface area contributed by atoms with E-state index < -0.39 is 18.7 Å². The Hall–Kier alpha value is -3.61. The summed E-state index contributed by atoms with van der Waals surface area (Å²) in [6, 6.07) is 8.51. The topological polar surface area (TPSA) is 89.8 Å². The lowest BCUT2D eigenvalue weighted by atomic mass is 10.1. The first-order chi connectivity index (χ1) is 15.2. The highest BCUT2D eigenvalue weighted by Crippen LogP contribution is 2.39. The van der Waals surface area contributed by atoms with Crippen LogP contribution < -0.4 is 24.3 Å². The first kappa shape index (κ1) is 24.7. The molecule has 0 radical (unpaired) electrons. The number of amides is 1. The Morgan fingerprint density at radius 2 is 1.53 bits per heavy atom. The molecule has 0 aromatic heterocycles. The van der Waals surface area contributed by atoms with Gasteiger partial charge in [0.05, 0.1) is 25.4 Å². The Labute approximate surface area is 183 Å². The fraction of sp³-hybridized carbons (Fsp3) is 0.364. The highest BCUT2D eigenvalue weighted by molar-refractivity contribution is 6.05. The molecule has 0 heterocycles. The molecule has 0 spiro atoms. The number of alkyl halides is 3. The molecule has 1 N–H and O–H groups in total. The quantitative estimate of drug-likeness (QED) is 0.549. The summed E-state index contributed by atoms with van der Waals surface area (Å²) in [6.45, 7) is 4.89. The molecular formula is C22H23F3N2O5. The second kappa shape index (κ2) is 11.1. The number of anilines is 1. The monoisotopic (exact) mass is 452 g/mol. The largest absolute Gasteiger partial charge is 0.490 e. The van der Waals surface area contributed by atoms with Gasteiger partial charge in [-0.05, 0) is 51.1 Å². The molecule has 2 aromatic rings. The summed E-state index contributed by atoms with van der Waals surface area (Å²) >= 11 is 0. The van der Waals surface area contributed by atoms with Crippen LogP contribution >= 0.6 is 0 Å². The number of carbonyl (C=O) groups excluding carboxylic acids is 1. The molecule has 32 heavy (non-hydrogen) atoms. The van der Waals surface area contributed by atoms with Crippen molar-refractivity contribution in [2.45, 2.75) is 26.9 Å². The fourth-order valence-electron chi connectivity index (χ4n) is 2.70. The standard InChI is InChI=1S/C22H23F3N2O5/c1-4-29-18-10-14(11-19(30-5-2)20(18)31-6-3)21(28)27-16-7-8-17(15(9-16)12-26)32-13-22(23,24)25/h7-11H,4-6,13H2,1-3H3,(H,27,28). The SMILES string of the molecule is CCOc1cc(C(=O)Nc2ccc(OCC(F)(F)F)c(C#N)c2)cc(OCC)c1OCC. The number of hydrogen-bond donors (Lipinski definition) is 1. The van der Waals surface area contributed by atoms with E-state index in [1.165, 1.54) is 30.3 Å². The number of carbonyl (C=O) groups is 1. The molecule has 0 saturated heterocycles. The van der Waals surface area contributed by atoms with Gasteiger partial charge in [0.15, 0.2) is 18.1 Å². The van der Waals surface area contributed by atoms with Crippen LogP contribution in [0.4, 0.5) is 18.9 Å². The summed E-state index contributed by atoms with van der Waals surface area (Å²) in [5.74, 6) is 0.271. The molecule has 2 aromatic carbocycles. The number of nitriles is 1. The summed E-state index contributed by atoms with van der Waals surface area (Å²) in [5.41, 5.74) is 0.260. The maximum atomic E-state index is 12.8. The predicted molar refractivity (Wildman–Crippen MR) is 111 cm³/mol. The smallest absolute Gasteiger partial charge is 0.422 e. The first-order valence-electron chi connectivity index (χ1n) is 9.83. The van der Waals surface area contributed by atoms with Crippen LogP contribution in [-0.2, 0) is 0 Å². The summed E-state index contributed by atoms with van der Waals surface area (Å²) in [6.07, 6.45) is -4.54. The minimum atomic E-state index is -4.54. The van der Waals surface area contributed by atoms with E-state index in [0.717, 1.165) is 0 Å². The van der Waals surface area contributed by atoms with Crippen LogP contribution in [0.2, 0.25) is 0 Å². The first-order valence-corrected chi connectivity index (χ1v) is 9.83. The third-order valence-electron chi connectivity index (χ3n) is 3.92. The lowest BCUT2D eigenvalue weighted by Gasteiger charge is -2.17. The molecule has 0 fully saturated rings. The molecule has 0 saturated carbocycles. The van der Waals surface area contributed by atoms with E-state index in [9.17, 15) is 23.2 Å². The summed E-state index contributed by atoms with van der Waals surface area (Å²) in [4.78, 5) is 12.8. The lowest BCUT2D eigenvalue weighted by molar-refractivity contribution is -0.153. The lowest BCUT2D eigenvalue weighted by Crippen LogP contribution is -2.19. The van der Waals surface area contributed by atoms with E-state index in [2.05, 4.69) is 10.1 Å². The normalized spacial score (nSPS) is 10.8. The van der Waals surface area contributed by atoms with Crippen LogP contribution in [-0.4, -0.2) is 38.5 Å². The van der Waals surface area contributed by atoms with E-state index in [0.29, 0.717) is 37.1 Å². The Balaban J connectivity index is 2.30. The van der Waals surface area contributed by atoms with Gasteiger partial charge in [0.2, 0.25) is 5.75 Å². The maximum absolute atomic E-state index is 12.8. The Morgan fingerprint density at radius 3 is 2.03 bits per heavy atom. The van der Waals surface area contributed by atoms with Gasteiger partial charge in [-0.2, -0.15) is 18.4 Å². The van der Waals surface area contributed by atoms with E-state index in [-0.39, 0.29) is 22.6 Å². The maximum Gasteiger partial charge on any atom is 0.422 e. The number of halogens is 3. The zero-order valence-corrected chi connectivity index (χ0v) is 17.8. The summed E-state index contributed by atoms with van der Waals surface area (Å²) < 4.78 is 58.6. The zero-order chi connectivity index (χ0) is 23.7. The van der Waals surface area contributed by atoms with Crippen molar-refractivity contribution in [2.75, 3.05) is 31.7 Å². The van der Waals surface area contributed by atoms with E-state index >= 15 is 0 Å². The van der Waals surface area contributed by atoms with E-state index in [1.807, 2.05) is 0 Å². The van der Waals surface area contributed by atoms with Gasteiger partial charge >= 0.3 is 6.18 Å². The van der Waals surface area contributed by atoms with Crippen molar-refractivity contribution in [1.82, 2.24) is 0 Å². The number of nitrogens with one attached hydrogen (secondary N) is 1. The van der Waals surface area contributed by atoms with Crippen molar-refractivity contribution in [2.24, 2.45) is 0 Å². The van der Waals surface area contributed by atoms with Gasteiger partial charge in [-0.15, -0.1) is 0 Å². The number of hydrogen-bond acceptors (Lipinski definition) is 6. The average Bonchev–Trinajstić information content (AvgIpc) is 2.74. The van der Waals surface area contributed by atoms with Crippen molar-refractivity contribution >= 4 is 11.6 Å².